The minimum absolute atomic E-state index is 0.0120. The van der Waals surface area contributed by atoms with E-state index in [2.05, 4.69) is 26.5 Å². The van der Waals surface area contributed by atoms with E-state index in [0.29, 0.717) is 24.2 Å². The van der Waals surface area contributed by atoms with E-state index in [1.54, 1.807) is 31.4 Å². The van der Waals surface area contributed by atoms with Crippen molar-refractivity contribution in [1.82, 2.24) is 0 Å². The molecule has 1 unspecified atom stereocenters. The molecule has 5 nitrogen and oxygen atoms in total. The van der Waals surface area contributed by atoms with Crippen LogP contribution in [-0.4, -0.2) is 30.0 Å². The van der Waals surface area contributed by atoms with Gasteiger partial charge in [-0.05, 0) is 80.2 Å². The monoisotopic (exact) mass is 553 g/mol. The molecule has 216 valence electrons. The maximum absolute atomic E-state index is 12.6. The predicted octanol–water partition coefficient (Wildman–Crippen LogP) is 8.81. The first-order chi connectivity index (χ1) is 19.6. The molecule has 0 fully saturated rings. The maximum Gasteiger partial charge on any atom is 0.176 e. The van der Waals surface area contributed by atoms with Crippen LogP contribution in [0.5, 0.6) is 11.5 Å². The standard InChI is InChI=1S/C36H43NO4/c1-8-26(5)34(40)24-37-36(33-17-12-11-16-28(33)9-2)32(10-3)27(6)15-13-14-25(4)22-30(38)19-18-29-23-31(39)20-21-35(29)41-7/h9,11-12,14-21,23-24,26,39H,2,8,10,13,22H2,1,3-7H3/b19-18?,25-14?,27-15-,36-32+,37-24?. The molecule has 0 saturated heterocycles. The molecule has 2 aromatic rings. The Kier molecular flexibility index (Phi) is 13.5. The van der Waals surface area contributed by atoms with Gasteiger partial charge in [0, 0.05) is 23.5 Å². The summed E-state index contributed by atoms with van der Waals surface area (Å²) in [6, 6.07) is 12.7. The molecule has 0 radical (unpaired) electrons. The van der Waals surface area contributed by atoms with E-state index in [1.807, 2.05) is 57.2 Å². The number of hydrogen-bond acceptors (Lipinski definition) is 5. The summed E-state index contributed by atoms with van der Waals surface area (Å²) in [6.07, 6.45) is 13.1. The number of phenolic OH excluding ortho intramolecular Hbond substituents is 1. The van der Waals surface area contributed by atoms with Crippen molar-refractivity contribution in [2.75, 3.05) is 7.11 Å². The molecule has 2 aromatic carbocycles. The van der Waals surface area contributed by atoms with Crippen LogP contribution >= 0.6 is 0 Å². The van der Waals surface area contributed by atoms with Gasteiger partial charge in [0.2, 0.25) is 0 Å². The Hall–Kier alpha value is -4.25. The summed E-state index contributed by atoms with van der Waals surface area (Å²) >= 11 is 0. The third kappa shape index (κ3) is 10.0. The molecule has 2 rings (SSSR count). The van der Waals surface area contributed by atoms with Crippen LogP contribution in [0.25, 0.3) is 17.8 Å². The average Bonchev–Trinajstić information content (AvgIpc) is 2.97. The molecule has 0 spiro atoms. The Morgan fingerprint density at radius 1 is 1.07 bits per heavy atom. The Morgan fingerprint density at radius 2 is 1.80 bits per heavy atom. The van der Waals surface area contributed by atoms with E-state index in [4.69, 9.17) is 9.73 Å². The van der Waals surface area contributed by atoms with Gasteiger partial charge in [0.1, 0.15) is 11.5 Å². The average molecular weight is 554 g/mol. The topological polar surface area (TPSA) is 76.0 Å². The first-order valence-corrected chi connectivity index (χ1v) is 14.1. The number of benzene rings is 2. The summed E-state index contributed by atoms with van der Waals surface area (Å²) in [5.41, 5.74) is 6.40. The Labute approximate surface area is 245 Å². The highest BCUT2D eigenvalue weighted by Gasteiger charge is 2.14. The highest BCUT2D eigenvalue weighted by Crippen LogP contribution is 2.30. The molecule has 41 heavy (non-hydrogen) atoms. The maximum atomic E-state index is 12.6. The van der Waals surface area contributed by atoms with Crippen molar-refractivity contribution in [2.45, 2.75) is 60.3 Å². The van der Waals surface area contributed by atoms with E-state index in [9.17, 15) is 14.7 Å². The minimum atomic E-state index is -0.0797. The van der Waals surface area contributed by atoms with Gasteiger partial charge >= 0.3 is 0 Å². The highest BCUT2D eigenvalue weighted by atomic mass is 16.5. The first kappa shape index (κ1) is 33.0. The third-order valence-corrected chi connectivity index (χ3v) is 6.98. The van der Waals surface area contributed by atoms with Crippen molar-refractivity contribution in [2.24, 2.45) is 10.9 Å². The lowest BCUT2D eigenvalue weighted by molar-refractivity contribution is -0.115. The third-order valence-electron chi connectivity index (χ3n) is 6.98. The molecule has 0 bridgehead atoms. The fourth-order valence-corrected chi connectivity index (χ4v) is 4.29. The number of nitrogens with zero attached hydrogens (tertiary/aromatic N) is 1. The van der Waals surface area contributed by atoms with Crippen molar-refractivity contribution in [3.63, 3.8) is 0 Å². The fraction of sp³-hybridized carbons (Fsp3) is 0.306. The van der Waals surface area contributed by atoms with Crippen LogP contribution in [-0.2, 0) is 9.59 Å². The zero-order valence-electron chi connectivity index (χ0n) is 25.2. The summed E-state index contributed by atoms with van der Waals surface area (Å²) in [7, 11) is 1.55. The lowest BCUT2D eigenvalue weighted by atomic mass is 9.94. The van der Waals surface area contributed by atoms with Gasteiger partial charge < -0.3 is 9.84 Å². The van der Waals surface area contributed by atoms with Gasteiger partial charge in [-0.15, -0.1) is 0 Å². The second-order valence-electron chi connectivity index (χ2n) is 10.0. The molecule has 1 atom stereocenters. The lowest BCUT2D eigenvalue weighted by Gasteiger charge is -2.14. The van der Waals surface area contributed by atoms with Crippen molar-refractivity contribution in [1.29, 1.82) is 0 Å². The molecular formula is C36H43NO4. The van der Waals surface area contributed by atoms with Gasteiger partial charge in [-0.2, -0.15) is 0 Å². The molecule has 0 amide bonds. The predicted molar refractivity (Wildman–Crippen MR) is 172 cm³/mol. The smallest absolute Gasteiger partial charge is 0.176 e. The molecule has 5 heteroatoms. The van der Waals surface area contributed by atoms with E-state index in [0.717, 1.165) is 46.4 Å². The van der Waals surface area contributed by atoms with Gasteiger partial charge in [-0.25, -0.2) is 0 Å². The number of ketones is 2. The Bertz CT molecular complexity index is 1390. The lowest BCUT2D eigenvalue weighted by Crippen LogP contribution is -2.11. The minimum Gasteiger partial charge on any atom is -0.508 e. The van der Waals surface area contributed by atoms with Gasteiger partial charge in [-0.1, -0.05) is 75.4 Å². The van der Waals surface area contributed by atoms with Crippen LogP contribution in [0, 0.1) is 5.92 Å². The number of phenols is 1. The molecule has 0 aliphatic rings. The Morgan fingerprint density at radius 3 is 2.46 bits per heavy atom. The van der Waals surface area contributed by atoms with Gasteiger partial charge in [0.25, 0.3) is 0 Å². The number of allylic oxidation sites excluding steroid dienone is 6. The summed E-state index contributed by atoms with van der Waals surface area (Å²) in [4.78, 5) is 29.9. The number of aliphatic imine (C=N–C) groups is 1. The number of ether oxygens (including phenoxy) is 1. The molecular weight excluding hydrogens is 510 g/mol. The van der Waals surface area contributed by atoms with Crippen molar-refractivity contribution < 1.29 is 19.4 Å². The number of Topliss-reactive ketones (excluding diaryl/α,β-unsaturated/α-hetero) is 1. The zero-order valence-corrected chi connectivity index (χ0v) is 25.2. The van der Waals surface area contributed by atoms with Gasteiger partial charge in [0.05, 0.1) is 19.0 Å². The normalized spacial score (nSPS) is 13.8. The van der Waals surface area contributed by atoms with E-state index in [1.165, 1.54) is 12.3 Å². The van der Waals surface area contributed by atoms with Crippen LogP contribution in [0.15, 0.2) is 89.0 Å². The highest BCUT2D eigenvalue weighted by molar-refractivity contribution is 6.29. The summed E-state index contributed by atoms with van der Waals surface area (Å²) in [5, 5.41) is 9.73. The van der Waals surface area contributed by atoms with Crippen molar-refractivity contribution >= 4 is 35.6 Å². The number of methoxy groups -OCH3 is 1. The summed E-state index contributed by atoms with van der Waals surface area (Å²) in [6.45, 7) is 14.0. The van der Waals surface area contributed by atoms with Crippen LogP contribution in [0.2, 0.25) is 0 Å². The summed E-state index contributed by atoms with van der Waals surface area (Å²) < 4.78 is 5.29. The van der Waals surface area contributed by atoms with E-state index < -0.39 is 0 Å². The van der Waals surface area contributed by atoms with Gasteiger partial charge in [-0.3, -0.25) is 14.6 Å². The second kappa shape index (κ2) is 16.8. The number of carbonyl (C=O) groups excluding carboxylic acids is 2. The molecule has 0 aliphatic carbocycles. The molecule has 0 aromatic heterocycles. The number of carbonyl (C=O) groups is 2. The van der Waals surface area contributed by atoms with E-state index >= 15 is 0 Å². The zero-order chi connectivity index (χ0) is 30.4. The first-order valence-electron chi connectivity index (χ1n) is 14.1. The molecule has 0 heterocycles. The largest absolute Gasteiger partial charge is 0.508 e. The van der Waals surface area contributed by atoms with Gasteiger partial charge in [0.15, 0.2) is 11.6 Å². The SMILES string of the molecule is C=Cc1ccccc1/C(N=CC(=O)C(C)CC)=C(CC)\C(C)=C/CC=C(C)CC(=O)C=Cc1cc(O)ccc1OC. The van der Waals surface area contributed by atoms with Crippen LogP contribution in [0.4, 0.5) is 0 Å². The number of aromatic hydroxyl groups is 1. The second-order valence-corrected chi connectivity index (χ2v) is 10.0. The molecule has 0 saturated carbocycles. The van der Waals surface area contributed by atoms with Crippen LogP contribution < -0.4 is 4.74 Å². The van der Waals surface area contributed by atoms with E-state index in [-0.39, 0.29) is 23.2 Å². The van der Waals surface area contributed by atoms with Crippen molar-refractivity contribution in [3.05, 3.63) is 101 Å². The fourth-order valence-electron chi connectivity index (χ4n) is 4.29. The van der Waals surface area contributed by atoms with Crippen LogP contribution in [0.3, 0.4) is 0 Å². The quantitative estimate of drug-likeness (QED) is 0.103. The van der Waals surface area contributed by atoms with Crippen molar-refractivity contribution in [3.8, 4) is 11.5 Å². The summed E-state index contributed by atoms with van der Waals surface area (Å²) in [5.74, 6) is 0.591. The molecule has 0 aliphatic heterocycles. The Balaban J connectivity index is 2.29. The van der Waals surface area contributed by atoms with Crippen LogP contribution in [0.1, 0.15) is 77.0 Å². The number of rotatable bonds is 15. The number of hydrogen-bond donors (Lipinski definition) is 1. The molecule has 1 N–H and O–H groups in total.